The predicted molar refractivity (Wildman–Crippen MR) is 103 cm³/mol. The Kier molecular flexibility index (Phi) is 4.18. The Bertz CT molecular complexity index is 998. The van der Waals surface area contributed by atoms with Gasteiger partial charge in [-0.3, -0.25) is 9.48 Å². The highest BCUT2D eigenvalue weighted by Gasteiger charge is 2.34. The number of hydrogen-bond acceptors (Lipinski definition) is 4. The lowest BCUT2D eigenvalue weighted by Crippen LogP contribution is -2.34. The molecule has 1 aliphatic carbocycles. The second kappa shape index (κ2) is 6.19. The number of amides is 1. The first kappa shape index (κ1) is 18.2. The van der Waals surface area contributed by atoms with Crippen molar-refractivity contribution < 1.29 is 13.2 Å². The first-order chi connectivity index (χ1) is 12.7. The molecular formula is C20H25N3O3S. The fourth-order valence-corrected chi connectivity index (χ4v) is 5.31. The molecule has 0 saturated heterocycles. The zero-order valence-corrected chi connectivity index (χ0v) is 16.7. The number of hydrogen-bond donors (Lipinski definition) is 1. The number of nitrogens with one attached hydrogen (secondary N) is 1. The molecule has 1 amide bonds. The zero-order valence-electron chi connectivity index (χ0n) is 15.9. The van der Waals surface area contributed by atoms with Gasteiger partial charge in [0.25, 0.3) is 5.91 Å². The van der Waals surface area contributed by atoms with Gasteiger partial charge in [0, 0.05) is 11.6 Å². The van der Waals surface area contributed by atoms with Crippen LogP contribution in [-0.4, -0.2) is 29.9 Å². The first-order valence-corrected chi connectivity index (χ1v) is 11.0. The zero-order chi connectivity index (χ0) is 19.4. The molecule has 27 heavy (non-hydrogen) atoms. The van der Waals surface area contributed by atoms with E-state index in [4.69, 9.17) is 0 Å². The van der Waals surface area contributed by atoms with Gasteiger partial charge >= 0.3 is 0 Å². The Labute approximate surface area is 159 Å². The molecule has 1 saturated carbocycles. The summed E-state index contributed by atoms with van der Waals surface area (Å²) in [6.07, 6.45) is 2.65. The van der Waals surface area contributed by atoms with Crippen molar-refractivity contribution >= 4 is 15.7 Å². The van der Waals surface area contributed by atoms with Crippen LogP contribution in [0, 0.1) is 0 Å². The van der Waals surface area contributed by atoms with Crippen molar-refractivity contribution in [3.05, 3.63) is 47.3 Å². The van der Waals surface area contributed by atoms with E-state index >= 15 is 0 Å². The second-order valence-corrected chi connectivity index (χ2v) is 10.6. The van der Waals surface area contributed by atoms with E-state index in [1.807, 2.05) is 10.7 Å². The van der Waals surface area contributed by atoms with Gasteiger partial charge in [-0.05, 0) is 57.7 Å². The minimum absolute atomic E-state index is 0.0404. The van der Waals surface area contributed by atoms with Crippen LogP contribution in [0.1, 0.15) is 73.7 Å². The smallest absolute Gasteiger partial charge is 0.272 e. The van der Waals surface area contributed by atoms with Crippen molar-refractivity contribution in [3.63, 3.8) is 0 Å². The summed E-state index contributed by atoms with van der Waals surface area (Å²) < 4.78 is 26.5. The fourth-order valence-electron chi connectivity index (χ4n) is 3.69. The van der Waals surface area contributed by atoms with Gasteiger partial charge in [-0.2, -0.15) is 5.10 Å². The van der Waals surface area contributed by atoms with Crippen LogP contribution in [0.4, 0.5) is 0 Å². The second-order valence-electron chi connectivity index (χ2n) is 8.48. The summed E-state index contributed by atoms with van der Waals surface area (Å²) in [5.41, 5.74) is 1.98. The molecule has 0 bridgehead atoms. The van der Waals surface area contributed by atoms with Crippen LogP contribution >= 0.6 is 0 Å². The molecule has 1 aromatic heterocycles. The maximum atomic E-state index is 12.9. The highest BCUT2D eigenvalue weighted by Crippen LogP contribution is 2.42. The van der Waals surface area contributed by atoms with E-state index in [9.17, 15) is 13.2 Å². The van der Waals surface area contributed by atoms with Crippen molar-refractivity contribution in [1.29, 1.82) is 0 Å². The van der Waals surface area contributed by atoms with Crippen molar-refractivity contribution in [1.82, 2.24) is 15.1 Å². The van der Waals surface area contributed by atoms with E-state index in [2.05, 4.69) is 31.2 Å². The molecule has 4 rings (SSSR count). The minimum atomic E-state index is -3.27. The molecule has 1 aromatic carbocycles. The third-order valence-corrected chi connectivity index (χ3v) is 7.03. The summed E-state index contributed by atoms with van der Waals surface area (Å²) in [5, 5.41) is 7.58. The molecule has 0 unspecified atom stereocenters. The van der Waals surface area contributed by atoms with Crippen molar-refractivity contribution in [2.45, 2.75) is 62.4 Å². The van der Waals surface area contributed by atoms with Gasteiger partial charge in [0.15, 0.2) is 9.84 Å². The molecule has 1 N–H and O–H groups in total. The molecule has 2 aromatic rings. The quantitative estimate of drug-likeness (QED) is 0.877. The SMILES string of the molecule is CC(C)(C)n1nc(C(=O)N[C@H]2CCS(=O)(=O)c3ccccc32)cc1C1CC1. The molecule has 7 heteroatoms. The number of carbonyl (C=O) groups excluding carboxylic acids is 1. The summed E-state index contributed by atoms with van der Waals surface area (Å²) >= 11 is 0. The average Bonchev–Trinajstić information content (AvgIpc) is 3.34. The van der Waals surface area contributed by atoms with Crippen LogP contribution in [-0.2, 0) is 15.4 Å². The maximum Gasteiger partial charge on any atom is 0.272 e. The van der Waals surface area contributed by atoms with Gasteiger partial charge < -0.3 is 5.32 Å². The largest absolute Gasteiger partial charge is 0.344 e. The van der Waals surface area contributed by atoms with E-state index in [1.165, 1.54) is 0 Å². The Hall–Kier alpha value is -2.15. The topological polar surface area (TPSA) is 81.1 Å². The molecule has 1 atom stereocenters. The van der Waals surface area contributed by atoms with Crippen molar-refractivity contribution in [2.75, 3.05) is 5.75 Å². The Morgan fingerprint density at radius 2 is 1.89 bits per heavy atom. The van der Waals surface area contributed by atoms with Gasteiger partial charge in [-0.25, -0.2) is 8.42 Å². The van der Waals surface area contributed by atoms with Gasteiger partial charge in [-0.1, -0.05) is 18.2 Å². The van der Waals surface area contributed by atoms with Gasteiger partial charge in [0.1, 0.15) is 5.69 Å². The lowest BCUT2D eigenvalue weighted by atomic mass is 10.0. The molecule has 2 aliphatic rings. The van der Waals surface area contributed by atoms with Gasteiger partial charge in [0.2, 0.25) is 0 Å². The molecular weight excluding hydrogens is 362 g/mol. The van der Waals surface area contributed by atoms with Crippen LogP contribution in [0.3, 0.4) is 0 Å². The number of nitrogens with zero attached hydrogens (tertiary/aromatic N) is 2. The van der Waals surface area contributed by atoms with E-state index in [0.29, 0.717) is 28.5 Å². The summed E-state index contributed by atoms with van der Waals surface area (Å²) in [6, 6.07) is 8.49. The summed E-state index contributed by atoms with van der Waals surface area (Å²) in [4.78, 5) is 13.2. The molecule has 1 fully saturated rings. The standard InChI is InChI=1S/C20H25N3O3S/c1-20(2,3)23-17(13-8-9-13)12-16(22-23)19(24)21-15-10-11-27(25,26)18-7-5-4-6-14(15)18/h4-7,12-13,15H,8-11H2,1-3H3,(H,21,24)/t15-/m0/s1. The van der Waals surface area contributed by atoms with Crippen LogP contribution < -0.4 is 5.32 Å². The summed E-state index contributed by atoms with van der Waals surface area (Å²) in [7, 11) is -3.27. The summed E-state index contributed by atoms with van der Waals surface area (Å²) in [6.45, 7) is 6.24. The predicted octanol–water partition coefficient (Wildman–Crippen LogP) is 3.16. The van der Waals surface area contributed by atoms with Crippen LogP contribution in [0.15, 0.2) is 35.2 Å². The third-order valence-electron chi connectivity index (χ3n) is 5.21. The van der Waals surface area contributed by atoms with E-state index in [1.54, 1.807) is 24.3 Å². The van der Waals surface area contributed by atoms with Crippen molar-refractivity contribution in [3.8, 4) is 0 Å². The lowest BCUT2D eigenvalue weighted by molar-refractivity contribution is 0.0928. The molecule has 2 heterocycles. The molecule has 144 valence electrons. The number of aromatic nitrogens is 2. The van der Waals surface area contributed by atoms with Crippen LogP contribution in [0.2, 0.25) is 0 Å². The highest BCUT2D eigenvalue weighted by molar-refractivity contribution is 7.91. The summed E-state index contributed by atoms with van der Waals surface area (Å²) in [5.74, 6) is 0.274. The number of benzene rings is 1. The molecule has 0 spiro atoms. The van der Waals surface area contributed by atoms with Crippen LogP contribution in [0.5, 0.6) is 0 Å². The number of fused-ring (bicyclic) bond motifs is 1. The Balaban J connectivity index is 1.62. The Morgan fingerprint density at radius 3 is 2.56 bits per heavy atom. The van der Waals surface area contributed by atoms with Gasteiger partial charge in [-0.15, -0.1) is 0 Å². The maximum absolute atomic E-state index is 12.9. The van der Waals surface area contributed by atoms with E-state index in [0.717, 1.165) is 18.5 Å². The molecule has 0 radical (unpaired) electrons. The average molecular weight is 388 g/mol. The lowest BCUT2D eigenvalue weighted by Gasteiger charge is -2.26. The number of carbonyl (C=O) groups is 1. The molecule has 6 nitrogen and oxygen atoms in total. The first-order valence-electron chi connectivity index (χ1n) is 9.40. The fraction of sp³-hybridized carbons (Fsp3) is 0.500. The molecule has 1 aliphatic heterocycles. The van der Waals surface area contributed by atoms with E-state index in [-0.39, 0.29) is 23.2 Å². The third kappa shape index (κ3) is 3.40. The normalized spacial score (nSPS) is 21.5. The minimum Gasteiger partial charge on any atom is -0.344 e. The van der Waals surface area contributed by atoms with Crippen molar-refractivity contribution in [2.24, 2.45) is 0 Å². The monoisotopic (exact) mass is 387 g/mol. The number of sulfone groups is 1. The highest BCUT2D eigenvalue weighted by atomic mass is 32.2. The number of rotatable bonds is 3. The van der Waals surface area contributed by atoms with E-state index < -0.39 is 9.84 Å². The van der Waals surface area contributed by atoms with Crippen LogP contribution in [0.25, 0.3) is 0 Å². The van der Waals surface area contributed by atoms with Gasteiger partial charge in [0.05, 0.1) is 22.2 Å². The Morgan fingerprint density at radius 1 is 1.19 bits per heavy atom.